The van der Waals surface area contributed by atoms with Crippen molar-refractivity contribution in [3.05, 3.63) is 46.7 Å². The molecule has 0 amide bonds. The number of alkyl halides is 4. The highest BCUT2D eigenvalue weighted by Gasteiger charge is 2.35. The van der Waals surface area contributed by atoms with Crippen molar-refractivity contribution in [1.82, 2.24) is 9.97 Å². The van der Waals surface area contributed by atoms with E-state index in [1.807, 2.05) is 0 Å². The Morgan fingerprint density at radius 2 is 2.05 bits per heavy atom. The summed E-state index contributed by atoms with van der Waals surface area (Å²) in [5.41, 5.74) is -0.472. The number of nitrogens with zero attached hydrogens (tertiary/aromatic N) is 2. The Hall–Kier alpha value is -1.34. The van der Waals surface area contributed by atoms with Crippen molar-refractivity contribution in [1.29, 1.82) is 0 Å². The Morgan fingerprint density at radius 1 is 1.30 bits per heavy atom. The van der Waals surface area contributed by atoms with Gasteiger partial charge in [-0.25, -0.2) is 9.97 Å². The molecule has 0 fully saturated rings. The molecule has 0 spiro atoms. The Morgan fingerprint density at radius 3 is 2.65 bits per heavy atom. The average Bonchev–Trinajstić information content (AvgIpc) is 2.37. The van der Waals surface area contributed by atoms with Gasteiger partial charge in [0.2, 0.25) is 5.95 Å². The second-order valence-corrected chi connectivity index (χ2v) is 4.83. The summed E-state index contributed by atoms with van der Waals surface area (Å²) in [6.07, 6.45) is -3.39. The first kappa shape index (κ1) is 15.1. The third-order valence-corrected chi connectivity index (χ3v) is 3.20. The van der Waals surface area contributed by atoms with Crippen molar-refractivity contribution >= 4 is 39.2 Å². The Labute approximate surface area is 126 Å². The van der Waals surface area contributed by atoms with Crippen molar-refractivity contribution < 1.29 is 13.2 Å². The number of benzene rings is 1. The van der Waals surface area contributed by atoms with E-state index in [2.05, 4.69) is 31.2 Å². The molecule has 0 atom stereocenters. The minimum Gasteiger partial charge on any atom is -0.324 e. The van der Waals surface area contributed by atoms with E-state index in [9.17, 15) is 13.2 Å². The van der Waals surface area contributed by atoms with Gasteiger partial charge < -0.3 is 5.32 Å². The van der Waals surface area contributed by atoms with Gasteiger partial charge in [-0.3, -0.25) is 0 Å². The molecular formula is C12H8BrClF3N3. The van der Waals surface area contributed by atoms with Gasteiger partial charge in [-0.05, 0) is 18.2 Å². The molecule has 106 valence electrons. The highest BCUT2D eigenvalue weighted by atomic mass is 79.9. The first-order valence-corrected chi connectivity index (χ1v) is 6.92. The van der Waals surface area contributed by atoms with E-state index in [0.717, 1.165) is 6.20 Å². The van der Waals surface area contributed by atoms with E-state index in [0.29, 0.717) is 10.7 Å². The summed E-state index contributed by atoms with van der Waals surface area (Å²) in [4.78, 5) is 7.37. The van der Waals surface area contributed by atoms with Crippen molar-refractivity contribution in [3.8, 4) is 0 Å². The zero-order chi connectivity index (χ0) is 14.8. The molecule has 8 heteroatoms. The molecule has 0 saturated carbocycles. The second kappa shape index (κ2) is 5.97. The van der Waals surface area contributed by atoms with Gasteiger partial charge >= 0.3 is 6.18 Å². The van der Waals surface area contributed by atoms with Gasteiger partial charge in [-0.15, -0.1) is 0 Å². The number of hydrogen-bond donors (Lipinski definition) is 1. The quantitative estimate of drug-likeness (QED) is 0.794. The van der Waals surface area contributed by atoms with E-state index in [4.69, 9.17) is 11.6 Å². The number of hydrogen-bond acceptors (Lipinski definition) is 3. The molecule has 0 radical (unpaired) electrons. The molecule has 1 aromatic carbocycles. The zero-order valence-electron chi connectivity index (χ0n) is 9.88. The zero-order valence-corrected chi connectivity index (χ0v) is 12.2. The Kier molecular flexibility index (Phi) is 4.49. The van der Waals surface area contributed by atoms with Crippen LogP contribution in [0.15, 0.2) is 30.5 Å². The largest absolute Gasteiger partial charge is 0.433 e. The third-order valence-electron chi connectivity index (χ3n) is 2.36. The van der Waals surface area contributed by atoms with Crippen molar-refractivity contribution in [2.75, 3.05) is 5.32 Å². The maximum absolute atomic E-state index is 12.9. The highest BCUT2D eigenvalue weighted by Crippen LogP contribution is 2.32. The number of nitrogens with one attached hydrogen (secondary N) is 1. The average molecular weight is 367 g/mol. The molecule has 0 aliphatic carbocycles. The molecule has 2 rings (SSSR count). The van der Waals surface area contributed by atoms with Crippen LogP contribution in [0.1, 0.15) is 11.3 Å². The normalized spacial score (nSPS) is 11.4. The van der Waals surface area contributed by atoms with Crippen LogP contribution < -0.4 is 5.32 Å². The molecule has 0 bridgehead atoms. The van der Waals surface area contributed by atoms with Crippen LogP contribution in [0.25, 0.3) is 0 Å². The van der Waals surface area contributed by atoms with E-state index in [1.165, 1.54) is 0 Å². The molecule has 0 saturated heterocycles. The number of rotatable bonds is 3. The topological polar surface area (TPSA) is 37.8 Å². The van der Waals surface area contributed by atoms with Crippen molar-refractivity contribution in [3.63, 3.8) is 0 Å². The number of aromatic nitrogens is 2. The van der Waals surface area contributed by atoms with Gasteiger partial charge in [-0.2, -0.15) is 13.2 Å². The lowest BCUT2D eigenvalue weighted by Gasteiger charge is -2.12. The van der Waals surface area contributed by atoms with Gasteiger partial charge in [0, 0.05) is 27.8 Å². The van der Waals surface area contributed by atoms with Crippen LogP contribution in [0.4, 0.5) is 24.8 Å². The maximum atomic E-state index is 12.9. The van der Waals surface area contributed by atoms with Crippen LogP contribution >= 0.6 is 27.5 Å². The van der Waals surface area contributed by atoms with Gasteiger partial charge in [0.05, 0.1) is 0 Å². The van der Waals surface area contributed by atoms with Crippen molar-refractivity contribution in [2.24, 2.45) is 0 Å². The molecule has 1 aromatic heterocycles. The molecular weight excluding hydrogens is 359 g/mol. The maximum Gasteiger partial charge on any atom is 0.433 e. The predicted octanol–water partition coefficient (Wildman–Crippen LogP) is 4.79. The highest BCUT2D eigenvalue weighted by molar-refractivity contribution is 9.08. The van der Waals surface area contributed by atoms with E-state index in [-0.39, 0.29) is 16.8 Å². The lowest BCUT2D eigenvalue weighted by Crippen LogP contribution is -2.13. The van der Waals surface area contributed by atoms with Gasteiger partial charge in [-0.1, -0.05) is 33.6 Å². The third kappa shape index (κ3) is 3.61. The van der Waals surface area contributed by atoms with Crippen LogP contribution in [0, 0.1) is 0 Å². The first-order valence-electron chi connectivity index (χ1n) is 5.42. The summed E-state index contributed by atoms with van der Waals surface area (Å²) in [6.45, 7) is 0. The van der Waals surface area contributed by atoms with E-state index in [1.54, 1.807) is 24.3 Å². The standard InChI is InChI=1S/C12H8BrClF3N3/c13-5-7-6-18-11(20-10(7)12(15,16)17)19-9-3-1-2-8(14)4-9/h1-4,6H,5H2,(H,18,19,20). The molecule has 0 unspecified atom stereocenters. The minimum absolute atomic E-state index is 0.0193. The Bertz CT molecular complexity index is 619. The summed E-state index contributed by atoms with van der Waals surface area (Å²) < 4.78 is 38.6. The van der Waals surface area contributed by atoms with Crippen LogP contribution in [-0.2, 0) is 11.5 Å². The fraction of sp³-hybridized carbons (Fsp3) is 0.167. The second-order valence-electron chi connectivity index (χ2n) is 3.83. The summed E-state index contributed by atoms with van der Waals surface area (Å²) in [5.74, 6) is -0.135. The van der Waals surface area contributed by atoms with E-state index < -0.39 is 11.9 Å². The van der Waals surface area contributed by atoms with Gasteiger partial charge in [0.1, 0.15) is 0 Å². The SMILES string of the molecule is FC(F)(F)c1nc(Nc2cccc(Cl)c2)ncc1CBr. The smallest absolute Gasteiger partial charge is 0.324 e. The van der Waals surface area contributed by atoms with Crippen LogP contribution in [0.3, 0.4) is 0 Å². The molecule has 1 N–H and O–H groups in total. The summed E-state index contributed by atoms with van der Waals surface area (Å²) in [5, 5.41) is 3.17. The summed E-state index contributed by atoms with van der Waals surface area (Å²) in [6, 6.07) is 6.54. The van der Waals surface area contributed by atoms with Crippen LogP contribution in [-0.4, -0.2) is 9.97 Å². The molecule has 3 nitrogen and oxygen atoms in total. The minimum atomic E-state index is -4.53. The number of anilines is 2. The van der Waals surface area contributed by atoms with Gasteiger partial charge in [0.15, 0.2) is 5.69 Å². The Balaban J connectivity index is 2.34. The lowest BCUT2D eigenvalue weighted by atomic mass is 10.2. The molecule has 1 heterocycles. The molecule has 2 aromatic rings. The molecule has 0 aliphatic rings. The summed E-state index contributed by atoms with van der Waals surface area (Å²) in [7, 11) is 0. The van der Waals surface area contributed by atoms with Crippen molar-refractivity contribution in [2.45, 2.75) is 11.5 Å². The van der Waals surface area contributed by atoms with Gasteiger partial charge in [0.25, 0.3) is 0 Å². The first-order chi connectivity index (χ1) is 9.40. The van der Waals surface area contributed by atoms with E-state index >= 15 is 0 Å². The molecule has 20 heavy (non-hydrogen) atoms. The molecule has 0 aliphatic heterocycles. The monoisotopic (exact) mass is 365 g/mol. The van der Waals surface area contributed by atoms with Crippen LogP contribution in [0.2, 0.25) is 5.02 Å². The fourth-order valence-electron chi connectivity index (χ4n) is 1.51. The predicted molar refractivity (Wildman–Crippen MR) is 74.4 cm³/mol. The number of halogens is 5. The summed E-state index contributed by atoms with van der Waals surface area (Å²) >= 11 is 8.78. The lowest BCUT2D eigenvalue weighted by molar-refractivity contribution is -0.141. The fourth-order valence-corrected chi connectivity index (χ4v) is 2.11. The van der Waals surface area contributed by atoms with Crippen LogP contribution in [0.5, 0.6) is 0 Å².